The molecule has 0 bridgehead atoms. The van der Waals surface area contributed by atoms with Gasteiger partial charge < -0.3 is 0 Å². The van der Waals surface area contributed by atoms with Gasteiger partial charge in [-0.15, -0.1) is 0 Å². The summed E-state index contributed by atoms with van der Waals surface area (Å²) in [6, 6.07) is 33.5. The number of carbonyl (C=O) groups excluding carboxylic acids is 1. The molecule has 2 N–H and O–H groups in total. The predicted octanol–water partition coefficient (Wildman–Crippen LogP) is 5.05. The number of hydrogen-bond acceptors (Lipinski definition) is 4. The summed E-state index contributed by atoms with van der Waals surface area (Å²) >= 11 is 2.12. The van der Waals surface area contributed by atoms with Gasteiger partial charge in [-0.2, -0.15) is 4.72 Å². The van der Waals surface area contributed by atoms with Crippen LogP contribution in [0.3, 0.4) is 0 Å². The van der Waals surface area contributed by atoms with Gasteiger partial charge in [-0.25, -0.2) is 8.42 Å². The second-order valence-corrected chi connectivity index (χ2v) is 10.8. The minimum Gasteiger partial charge on any atom is -0.271 e. The van der Waals surface area contributed by atoms with Crippen LogP contribution < -0.4 is 15.2 Å². The molecule has 1 amide bonds. The lowest BCUT2D eigenvalue weighted by Gasteiger charge is -2.28. The fourth-order valence-corrected chi connectivity index (χ4v) is 5.08. The summed E-state index contributed by atoms with van der Waals surface area (Å²) in [5.41, 5.74) is 5.24. The van der Waals surface area contributed by atoms with Gasteiger partial charge >= 0.3 is 0 Å². The zero-order chi connectivity index (χ0) is 24.7. The van der Waals surface area contributed by atoms with Crippen LogP contribution in [0.25, 0.3) is 0 Å². The summed E-state index contributed by atoms with van der Waals surface area (Å²) in [4.78, 5) is 13.7. The molecule has 0 aliphatic heterocycles. The average molecular weight is 597 g/mol. The number of hydrogen-bond donors (Lipinski definition) is 2. The highest BCUT2D eigenvalue weighted by atomic mass is 127. The summed E-state index contributed by atoms with van der Waals surface area (Å²) in [6.45, 7) is 0. The summed E-state index contributed by atoms with van der Waals surface area (Å²) < 4.78 is 29.9. The molecule has 6 nitrogen and oxygen atoms in total. The van der Waals surface area contributed by atoms with E-state index in [1.807, 2.05) is 91.0 Å². The monoisotopic (exact) mass is 597 g/mol. The summed E-state index contributed by atoms with van der Waals surface area (Å²) in [5.74, 6) is -0.476. The van der Waals surface area contributed by atoms with Crippen LogP contribution in [0.4, 0.5) is 11.4 Å². The first-order valence-corrected chi connectivity index (χ1v) is 13.5. The fraction of sp³-hybridized carbons (Fsp3) is 0.0741. The van der Waals surface area contributed by atoms with Crippen LogP contribution in [-0.2, 0) is 21.2 Å². The first-order valence-electron chi connectivity index (χ1n) is 10.9. The van der Waals surface area contributed by atoms with Crippen molar-refractivity contribution in [2.75, 3.05) is 5.01 Å². The first kappa shape index (κ1) is 24.9. The Kier molecular flexibility index (Phi) is 8.17. The molecular weight excluding hydrogens is 573 g/mol. The number of hydrazine groups is 1. The van der Waals surface area contributed by atoms with E-state index in [9.17, 15) is 13.2 Å². The topological polar surface area (TPSA) is 78.5 Å². The van der Waals surface area contributed by atoms with Crippen molar-refractivity contribution in [1.82, 2.24) is 10.1 Å². The maximum Gasteiger partial charge on any atom is 0.257 e. The number of anilines is 2. The highest BCUT2D eigenvalue weighted by molar-refractivity contribution is 14.1. The minimum atomic E-state index is -3.94. The molecular formula is C27H24IN3O3S. The number of carbonyl (C=O) groups is 1. The van der Waals surface area contributed by atoms with Gasteiger partial charge in [-0.1, -0.05) is 66.7 Å². The van der Waals surface area contributed by atoms with Crippen molar-refractivity contribution in [3.8, 4) is 0 Å². The van der Waals surface area contributed by atoms with Gasteiger partial charge in [0.2, 0.25) is 10.0 Å². The average Bonchev–Trinajstić information content (AvgIpc) is 2.88. The highest BCUT2D eigenvalue weighted by Gasteiger charge is 2.28. The van der Waals surface area contributed by atoms with E-state index in [0.29, 0.717) is 0 Å². The van der Waals surface area contributed by atoms with E-state index < -0.39 is 22.0 Å². The fourth-order valence-electron chi connectivity index (χ4n) is 3.53. The molecule has 178 valence electrons. The quantitative estimate of drug-likeness (QED) is 0.209. The van der Waals surface area contributed by atoms with Crippen molar-refractivity contribution in [3.05, 3.63) is 124 Å². The molecule has 0 fully saturated rings. The van der Waals surface area contributed by atoms with E-state index >= 15 is 0 Å². The van der Waals surface area contributed by atoms with Crippen LogP contribution in [-0.4, -0.2) is 20.4 Å². The predicted molar refractivity (Wildman–Crippen MR) is 147 cm³/mol. The van der Waals surface area contributed by atoms with Gasteiger partial charge in [0.1, 0.15) is 6.04 Å². The zero-order valence-electron chi connectivity index (χ0n) is 18.7. The Labute approximate surface area is 219 Å². The summed E-state index contributed by atoms with van der Waals surface area (Å²) in [5, 5.41) is 1.65. The van der Waals surface area contributed by atoms with Crippen molar-refractivity contribution in [3.63, 3.8) is 0 Å². The first-order chi connectivity index (χ1) is 16.9. The van der Waals surface area contributed by atoms with E-state index in [2.05, 4.69) is 32.7 Å². The Morgan fingerprint density at radius 1 is 0.743 bits per heavy atom. The third-order valence-corrected chi connectivity index (χ3v) is 7.48. The van der Waals surface area contributed by atoms with Crippen molar-refractivity contribution >= 4 is 49.9 Å². The molecule has 0 aromatic heterocycles. The van der Waals surface area contributed by atoms with Gasteiger partial charge in [-0.3, -0.25) is 15.2 Å². The molecule has 0 spiro atoms. The second kappa shape index (κ2) is 11.5. The Morgan fingerprint density at radius 3 is 1.74 bits per heavy atom. The normalized spacial score (nSPS) is 12.0. The molecule has 8 heteroatoms. The lowest BCUT2D eigenvalue weighted by Crippen LogP contribution is -2.52. The number of sulfonamides is 1. The molecule has 4 aromatic carbocycles. The van der Waals surface area contributed by atoms with Gasteiger partial charge in [0.05, 0.1) is 16.3 Å². The van der Waals surface area contributed by atoms with Crippen LogP contribution >= 0.6 is 22.6 Å². The zero-order valence-corrected chi connectivity index (χ0v) is 21.7. The van der Waals surface area contributed by atoms with Crippen molar-refractivity contribution in [2.45, 2.75) is 17.4 Å². The molecule has 0 aliphatic rings. The molecule has 4 rings (SSSR count). The van der Waals surface area contributed by atoms with Gasteiger partial charge in [-0.05, 0) is 83.1 Å². The number of nitrogens with zero attached hydrogens (tertiary/aromatic N) is 1. The molecule has 0 aliphatic carbocycles. The standard InChI is InChI=1S/C27H24IN3O3S/c28-22-16-18-25(19-17-22)35(33,34)30-26(20-21-10-4-1-5-11-21)27(32)29-31(23-12-6-2-7-13-23)24-14-8-3-9-15-24/h1-19,26,30H,20H2,(H,29,32)/t26-/m0/s1. The molecule has 0 saturated carbocycles. The van der Waals surface area contributed by atoms with E-state index in [4.69, 9.17) is 0 Å². The molecule has 0 saturated heterocycles. The Balaban J connectivity index is 1.65. The van der Waals surface area contributed by atoms with Crippen molar-refractivity contribution in [2.24, 2.45) is 0 Å². The largest absolute Gasteiger partial charge is 0.271 e. The van der Waals surface area contributed by atoms with Crippen LogP contribution in [0.2, 0.25) is 0 Å². The van der Waals surface area contributed by atoms with Crippen LogP contribution in [0.1, 0.15) is 5.56 Å². The van der Waals surface area contributed by atoms with Crippen molar-refractivity contribution in [1.29, 1.82) is 0 Å². The Hall–Kier alpha value is -3.21. The smallest absolute Gasteiger partial charge is 0.257 e. The number of para-hydroxylation sites is 2. The molecule has 0 heterocycles. The number of rotatable bonds is 9. The van der Waals surface area contributed by atoms with Crippen LogP contribution in [0.15, 0.2) is 120 Å². The van der Waals surface area contributed by atoms with E-state index in [0.717, 1.165) is 20.5 Å². The van der Waals surface area contributed by atoms with Gasteiger partial charge in [0.25, 0.3) is 5.91 Å². The molecule has 35 heavy (non-hydrogen) atoms. The highest BCUT2D eigenvalue weighted by Crippen LogP contribution is 2.23. The second-order valence-electron chi connectivity index (χ2n) is 7.80. The number of benzene rings is 4. The molecule has 1 atom stereocenters. The molecule has 4 aromatic rings. The maximum atomic E-state index is 13.6. The number of amides is 1. The third-order valence-electron chi connectivity index (χ3n) is 5.27. The number of halogens is 1. The maximum absolute atomic E-state index is 13.6. The van der Waals surface area contributed by atoms with E-state index in [1.54, 1.807) is 17.1 Å². The van der Waals surface area contributed by atoms with E-state index in [-0.39, 0.29) is 11.3 Å². The van der Waals surface area contributed by atoms with Crippen molar-refractivity contribution < 1.29 is 13.2 Å². The van der Waals surface area contributed by atoms with Crippen LogP contribution in [0, 0.1) is 3.57 Å². The lowest BCUT2D eigenvalue weighted by molar-refractivity contribution is -0.122. The minimum absolute atomic E-state index is 0.103. The SMILES string of the molecule is O=C(NN(c1ccccc1)c1ccccc1)[C@H](Cc1ccccc1)NS(=O)(=O)c1ccc(I)cc1. The third kappa shape index (κ3) is 6.68. The molecule has 0 unspecified atom stereocenters. The number of nitrogens with one attached hydrogen (secondary N) is 2. The Bertz CT molecular complexity index is 1310. The van der Waals surface area contributed by atoms with Crippen LogP contribution in [0.5, 0.6) is 0 Å². The molecule has 0 radical (unpaired) electrons. The van der Waals surface area contributed by atoms with Gasteiger partial charge in [0, 0.05) is 3.57 Å². The van der Waals surface area contributed by atoms with E-state index in [1.165, 1.54) is 12.1 Å². The lowest BCUT2D eigenvalue weighted by atomic mass is 10.1. The van der Waals surface area contributed by atoms with Gasteiger partial charge in [0.15, 0.2) is 0 Å². The Morgan fingerprint density at radius 2 is 1.23 bits per heavy atom. The summed E-state index contributed by atoms with van der Waals surface area (Å²) in [6.07, 6.45) is 0.188. The summed E-state index contributed by atoms with van der Waals surface area (Å²) in [7, 11) is -3.94.